The summed E-state index contributed by atoms with van der Waals surface area (Å²) in [5.74, 6) is 0.244. The van der Waals surface area contributed by atoms with Crippen molar-refractivity contribution >= 4 is 17.8 Å². The Kier molecular flexibility index (Phi) is 6.79. The first-order chi connectivity index (χ1) is 19.7. The predicted octanol–water partition coefficient (Wildman–Crippen LogP) is 5.15. The van der Waals surface area contributed by atoms with E-state index in [-0.39, 0.29) is 53.6 Å². The fraction of sp³-hybridized carbons (Fsp3) is 0.788. The quantitative estimate of drug-likeness (QED) is 0.459. The molecule has 0 bridgehead atoms. The van der Waals surface area contributed by atoms with Crippen LogP contribution in [-0.2, 0) is 30.2 Å². The fourth-order valence-corrected chi connectivity index (χ4v) is 10.5. The molecule has 6 aliphatic rings. The lowest BCUT2D eigenvalue weighted by atomic mass is 9.45. The van der Waals surface area contributed by atoms with Crippen molar-refractivity contribution < 1.29 is 28.9 Å². The lowest BCUT2D eigenvalue weighted by molar-refractivity contribution is -0.212. The van der Waals surface area contributed by atoms with Crippen LogP contribution in [0.5, 0.6) is 0 Å². The molecule has 2 N–H and O–H groups in total. The summed E-state index contributed by atoms with van der Waals surface area (Å²) in [6.07, 6.45) is 13.5. The average molecular weight is 567 g/mol. The van der Waals surface area contributed by atoms with Gasteiger partial charge in [-0.05, 0) is 86.2 Å². The van der Waals surface area contributed by atoms with E-state index >= 15 is 0 Å². The number of carbonyl (C=O) groups excluding carboxylic acids is 2. The van der Waals surface area contributed by atoms with Crippen molar-refractivity contribution in [3.8, 4) is 0 Å². The second-order valence-corrected chi connectivity index (χ2v) is 14.4. The third-order valence-corrected chi connectivity index (χ3v) is 12.3. The summed E-state index contributed by atoms with van der Waals surface area (Å²) in [7, 11) is 0. The Hall–Kier alpha value is -2.03. The van der Waals surface area contributed by atoms with Crippen molar-refractivity contribution in [1.82, 2.24) is 10.2 Å². The molecule has 1 aromatic rings. The Balaban J connectivity index is 1.22. The highest BCUT2D eigenvalue weighted by Crippen LogP contribution is 2.70. The summed E-state index contributed by atoms with van der Waals surface area (Å²) >= 11 is 0. The maximum absolute atomic E-state index is 14.3. The molecule has 8 nitrogen and oxygen atoms in total. The second-order valence-electron chi connectivity index (χ2n) is 14.4. The number of ketones is 1. The number of carbonyl (C=O) groups is 2. The molecule has 224 valence electrons. The van der Waals surface area contributed by atoms with Crippen LogP contribution in [0.4, 0.5) is 0 Å². The minimum atomic E-state index is -1.21. The maximum Gasteiger partial charge on any atom is 0.306 e. The van der Waals surface area contributed by atoms with E-state index in [0.717, 1.165) is 57.1 Å². The van der Waals surface area contributed by atoms with Gasteiger partial charge in [0.25, 0.3) is 0 Å². The van der Waals surface area contributed by atoms with E-state index in [1.165, 1.54) is 17.6 Å². The number of hydrogen-bond donors (Lipinski definition) is 2. The normalized spacial score (nSPS) is 43.3. The smallest absolute Gasteiger partial charge is 0.306 e. The number of fused-ring (bicyclic) bond motifs is 8. The van der Waals surface area contributed by atoms with E-state index in [1.807, 2.05) is 13.1 Å². The van der Waals surface area contributed by atoms with E-state index in [2.05, 4.69) is 30.1 Å². The van der Waals surface area contributed by atoms with Crippen molar-refractivity contribution in [2.24, 2.45) is 34.5 Å². The summed E-state index contributed by atoms with van der Waals surface area (Å²) in [6, 6.07) is 0. The highest BCUT2D eigenvalue weighted by Gasteiger charge is 2.76. The van der Waals surface area contributed by atoms with Crippen molar-refractivity contribution in [3.63, 3.8) is 0 Å². The van der Waals surface area contributed by atoms with Gasteiger partial charge in [-0.15, -0.1) is 0 Å². The molecular weight excluding hydrogens is 520 g/mol. The summed E-state index contributed by atoms with van der Waals surface area (Å²) in [6.45, 7) is 6.12. The molecule has 5 aliphatic carbocycles. The molecule has 0 spiro atoms. The van der Waals surface area contributed by atoms with Gasteiger partial charge in [-0.1, -0.05) is 45.6 Å². The number of aliphatic hydroxyl groups is 1. The zero-order valence-electron chi connectivity index (χ0n) is 24.8. The van der Waals surface area contributed by atoms with Gasteiger partial charge in [0.2, 0.25) is 5.78 Å². The van der Waals surface area contributed by atoms with E-state index in [4.69, 9.17) is 14.2 Å². The Morgan fingerprint density at radius 2 is 2.00 bits per heavy atom. The topological polar surface area (TPSA) is 111 Å². The van der Waals surface area contributed by atoms with Gasteiger partial charge in [0.1, 0.15) is 0 Å². The monoisotopic (exact) mass is 566 g/mol. The number of allylic oxidation sites excluding steroid dienone is 1. The second kappa shape index (κ2) is 10.0. The maximum atomic E-state index is 14.3. The first kappa shape index (κ1) is 27.8. The Bertz CT molecular complexity index is 1240. The molecule has 1 saturated heterocycles. The van der Waals surface area contributed by atoms with Crippen LogP contribution in [0.2, 0.25) is 0 Å². The standard InChI is InChI=1S/C33H46N2O6/c1-4-8-28(38)39-18-26(37)33-27(40-30(41-33)19-9-6-5-7-10-19)14-23-22-12-11-21-13-24-20(17-34-35-24)15-31(21,2)29(22)25(36)16-32(23,33)3/h13,17,19,22-23,25,27,29-30,36H,4-12,14-16,18H2,1-3H3,(H,34,35)/t22-,23-,25-,27+,29+,30?,31-,32-,33+/m0/s1. The van der Waals surface area contributed by atoms with Crippen LogP contribution in [-0.4, -0.2) is 57.8 Å². The number of H-pyrrole nitrogens is 1. The zero-order valence-corrected chi connectivity index (χ0v) is 24.8. The summed E-state index contributed by atoms with van der Waals surface area (Å²) in [5, 5.41) is 19.5. The summed E-state index contributed by atoms with van der Waals surface area (Å²) in [4.78, 5) is 26.6. The highest BCUT2D eigenvalue weighted by molar-refractivity contribution is 5.92. The first-order valence-electron chi connectivity index (χ1n) is 16.1. The number of rotatable bonds is 6. The number of aliphatic hydroxyl groups excluding tert-OH is 1. The average Bonchev–Trinajstić information content (AvgIpc) is 3.63. The van der Waals surface area contributed by atoms with Crippen molar-refractivity contribution in [1.29, 1.82) is 0 Å². The van der Waals surface area contributed by atoms with Gasteiger partial charge in [0, 0.05) is 17.8 Å². The van der Waals surface area contributed by atoms with Crippen LogP contribution in [0.3, 0.4) is 0 Å². The van der Waals surface area contributed by atoms with E-state index < -0.39 is 23.4 Å². The number of nitrogens with zero attached hydrogens (tertiary/aromatic N) is 1. The van der Waals surface area contributed by atoms with Crippen molar-refractivity contribution in [2.45, 2.75) is 122 Å². The van der Waals surface area contributed by atoms with Crippen molar-refractivity contribution in [3.05, 3.63) is 23.0 Å². The zero-order chi connectivity index (χ0) is 28.6. The third kappa shape index (κ3) is 3.99. The number of nitrogens with one attached hydrogen (secondary N) is 1. The molecule has 0 amide bonds. The molecule has 5 fully saturated rings. The number of ether oxygens (including phenoxy) is 3. The van der Waals surface area contributed by atoms with Gasteiger partial charge in [-0.3, -0.25) is 14.7 Å². The summed E-state index contributed by atoms with van der Waals surface area (Å²) in [5.41, 5.74) is 1.73. The van der Waals surface area contributed by atoms with Gasteiger partial charge in [0.05, 0.1) is 24.1 Å². The lowest BCUT2D eigenvalue weighted by Crippen LogP contribution is -2.64. The molecule has 1 aliphatic heterocycles. The van der Waals surface area contributed by atoms with Gasteiger partial charge < -0.3 is 19.3 Å². The molecule has 1 unspecified atom stereocenters. The molecule has 0 radical (unpaired) electrons. The van der Waals surface area contributed by atoms with Crippen molar-refractivity contribution in [2.75, 3.05) is 6.61 Å². The van der Waals surface area contributed by atoms with Gasteiger partial charge in [-0.25, -0.2) is 0 Å². The molecule has 4 saturated carbocycles. The fourth-order valence-electron chi connectivity index (χ4n) is 10.5. The van der Waals surface area contributed by atoms with Gasteiger partial charge in [0.15, 0.2) is 18.5 Å². The van der Waals surface area contributed by atoms with Gasteiger partial charge in [-0.2, -0.15) is 5.10 Å². The number of Topliss-reactive ketones (excluding diaryl/α,β-unsaturated/α-hetero) is 1. The molecule has 41 heavy (non-hydrogen) atoms. The molecule has 9 atom stereocenters. The SMILES string of the molecule is CCCC(=O)OCC(=O)[C@@]12OC(C3CCCCC3)O[C@@H]1C[C@H]1[C@@H]3CCC4=Cc5[nH]ncc5C[C@]4(C)[C@H]3[C@@H](O)C[C@@]12C. The highest BCUT2D eigenvalue weighted by atomic mass is 16.7. The molecule has 0 aromatic carbocycles. The predicted molar refractivity (Wildman–Crippen MR) is 151 cm³/mol. The van der Waals surface area contributed by atoms with Crippen LogP contribution in [0.15, 0.2) is 11.8 Å². The van der Waals surface area contributed by atoms with Crippen LogP contribution in [0.25, 0.3) is 6.08 Å². The van der Waals surface area contributed by atoms with Gasteiger partial charge >= 0.3 is 5.97 Å². The third-order valence-electron chi connectivity index (χ3n) is 12.3. The minimum Gasteiger partial charge on any atom is -0.458 e. The minimum absolute atomic E-state index is 0.0890. The molecule has 7 rings (SSSR count). The van der Waals surface area contributed by atoms with Crippen LogP contribution < -0.4 is 0 Å². The number of hydrogen-bond acceptors (Lipinski definition) is 7. The Labute approximate surface area is 243 Å². The number of esters is 1. The largest absolute Gasteiger partial charge is 0.458 e. The number of aromatic amines is 1. The number of aromatic nitrogens is 2. The van der Waals surface area contributed by atoms with E-state index in [0.29, 0.717) is 19.3 Å². The first-order valence-corrected chi connectivity index (χ1v) is 16.1. The van der Waals surface area contributed by atoms with Crippen LogP contribution in [0.1, 0.15) is 103 Å². The Morgan fingerprint density at radius 3 is 2.78 bits per heavy atom. The van der Waals surface area contributed by atoms with Crippen LogP contribution in [0, 0.1) is 34.5 Å². The van der Waals surface area contributed by atoms with E-state index in [1.54, 1.807) is 0 Å². The van der Waals surface area contributed by atoms with Crippen LogP contribution >= 0.6 is 0 Å². The van der Waals surface area contributed by atoms with E-state index in [9.17, 15) is 14.7 Å². The molecule has 1 aromatic heterocycles. The lowest BCUT2D eigenvalue weighted by Gasteiger charge is -2.60. The molecular formula is C33H46N2O6. The Morgan fingerprint density at radius 1 is 1.20 bits per heavy atom. The summed E-state index contributed by atoms with van der Waals surface area (Å²) < 4.78 is 19.2. The molecule has 2 heterocycles. The molecule has 8 heteroatoms.